The van der Waals surface area contributed by atoms with E-state index in [0.717, 1.165) is 33.4 Å². The summed E-state index contributed by atoms with van der Waals surface area (Å²) in [6, 6.07) is 22.0. The smallest absolute Gasteiger partial charge is 0.407 e. The molecular weight excluding hydrogens is 444 g/mol. The Morgan fingerprint density at radius 1 is 0.886 bits per heavy atom. The first-order chi connectivity index (χ1) is 16.8. The molecule has 0 saturated carbocycles. The van der Waals surface area contributed by atoms with Crippen LogP contribution in [0.1, 0.15) is 47.6 Å². The maximum absolute atomic E-state index is 12.8. The van der Waals surface area contributed by atoms with Gasteiger partial charge >= 0.3 is 12.1 Å². The van der Waals surface area contributed by atoms with Crippen LogP contribution < -0.4 is 10.6 Å². The second kappa shape index (κ2) is 10.4. The van der Waals surface area contributed by atoms with E-state index in [1.54, 1.807) is 6.92 Å². The minimum atomic E-state index is -1.27. The van der Waals surface area contributed by atoms with Crippen molar-refractivity contribution in [2.45, 2.75) is 38.3 Å². The fourth-order valence-corrected chi connectivity index (χ4v) is 4.42. The van der Waals surface area contributed by atoms with Crippen molar-refractivity contribution >= 4 is 18.0 Å². The maximum atomic E-state index is 12.8. The van der Waals surface area contributed by atoms with Gasteiger partial charge in [0.2, 0.25) is 5.91 Å². The van der Waals surface area contributed by atoms with Crippen LogP contribution in [0.5, 0.6) is 0 Å². The van der Waals surface area contributed by atoms with Gasteiger partial charge < -0.3 is 20.5 Å². The molecule has 3 aromatic carbocycles. The first kappa shape index (κ1) is 24.0. The molecule has 0 aliphatic heterocycles. The van der Waals surface area contributed by atoms with Gasteiger partial charge in [-0.05, 0) is 41.7 Å². The standard InChI is InChI=1S/C28H28N2O5/c1-17-11-13-19(14-12-17)18(2)29-27(33)25(15-26(31)32)30-28(34)35-16-24-22-9-5-3-7-20(22)21-8-4-6-10-23(21)24/h3-14,18,24-25H,15-16H2,1-2H3,(H,29,33)(H,30,34)(H,31,32). The number of rotatable bonds is 8. The Bertz CT molecular complexity index is 1190. The van der Waals surface area contributed by atoms with Crippen molar-refractivity contribution in [1.82, 2.24) is 10.6 Å². The third-order valence-electron chi connectivity index (χ3n) is 6.27. The lowest BCUT2D eigenvalue weighted by Crippen LogP contribution is -2.48. The quantitative estimate of drug-likeness (QED) is 0.446. The van der Waals surface area contributed by atoms with Crippen molar-refractivity contribution in [1.29, 1.82) is 0 Å². The Balaban J connectivity index is 1.40. The molecule has 1 aliphatic carbocycles. The summed E-state index contributed by atoms with van der Waals surface area (Å²) in [6.07, 6.45) is -1.40. The SMILES string of the molecule is Cc1ccc(C(C)NC(=O)C(CC(=O)O)NC(=O)OCC2c3ccccc3-c3ccccc32)cc1. The van der Waals surface area contributed by atoms with Crippen LogP contribution in [-0.2, 0) is 14.3 Å². The molecule has 2 unspecified atom stereocenters. The van der Waals surface area contributed by atoms with E-state index in [1.807, 2.05) is 79.7 Å². The molecule has 0 fully saturated rings. The van der Waals surface area contributed by atoms with Gasteiger partial charge in [0.05, 0.1) is 12.5 Å². The van der Waals surface area contributed by atoms with E-state index >= 15 is 0 Å². The van der Waals surface area contributed by atoms with Crippen LogP contribution in [0.15, 0.2) is 72.8 Å². The van der Waals surface area contributed by atoms with Crippen molar-refractivity contribution in [2.24, 2.45) is 0 Å². The predicted molar refractivity (Wildman–Crippen MR) is 132 cm³/mol. The summed E-state index contributed by atoms with van der Waals surface area (Å²) in [5.41, 5.74) is 6.30. The number of amides is 2. The molecule has 0 aromatic heterocycles. The normalized spacial score (nSPS) is 13.8. The first-order valence-electron chi connectivity index (χ1n) is 11.5. The fraction of sp³-hybridized carbons (Fsp3) is 0.250. The lowest BCUT2D eigenvalue weighted by atomic mass is 9.98. The van der Waals surface area contributed by atoms with E-state index in [4.69, 9.17) is 4.74 Å². The lowest BCUT2D eigenvalue weighted by Gasteiger charge is -2.21. The molecule has 4 rings (SSSR count). The van der Waals surface area contributed by atoms with E-state index in [9.17, 15) is 19.5 Å². The summed E-state index contributed by atoms with van der Waals surface area (Å²) in [6.45, 7) is 3.84. The van der Waals surface area contributed by atoms with Gasteiger partial charge in [0.1, 0.15) is 12.6 Å². The molecule has 35 heavy (non-hydrogen) atoms. The largest absolute Gasteiger partial charge is 0.481 e. The highest BCUT2D eigenvalue weighted by Gasteiger charge is 2.30. The zero-order valence-electron chi connectivity index (χ0n) is 19.7. The zero-order valence-corrected chi connectivity index (χ0v) is 19.7. The molecule has 0 heterocycles. The molecule has 2 atom stereocenters. The highest BCUT2D eigenvalue weighted by Crippen LogP contribution is 2.44. The summed E-state index contributed by atoms with van der Waals surface area (Å²) in [5, 5.41) is 14.5. The van der Waals surface area contributed by atoms with E-state index in [0.29, 0.717) is 0 Å². The van der Waals surface area contributed by atoms with Crippen molar-refractivity contribution in [3.05, 3.63) is 95.1 Å². The maximum Gasteiger partial charge on any atom is 0.407 e. The van der Waals surface area contributed by atoms with Crippen molar-refractivity contribution in [3.8, 4) is 11.1 Å². The Labute approximate surface area is 204 Å². The van der Waals surface area contributed by atoms with Crippen LogP contribution in [0.4, 0.5) is 4.79 Å². The summed E-state index contributed by atoms with van der Waals surface area (Å²) >= 11 is 0. The van der Waals surface area contributed by atoms with Gasteiger partial charge in [0, 0.05) is 5.92 Å². The number of carbonyl (C=O) groups is 3. The number of fused-ring (bicyclic) bond motifs is 3. The molecule has 0 spiro atoms. The number of carbonyl (C=O) groups excluding carboxylic acids is 2. The van der Waals surface area contributed by atoms with Crippen LogP contribution in [0.25, 0.3) is 11.1 Å². The Morgan fingerprint density at radius 3 is 2.03 bits per heavy atom. The molecule has 1 aliphatic rings. The lowest BCUT2D eigenvalue weighted by molar-refractivity contribution is -0.140. The number of aliphatic carboxylic acids is 1. The van der Waals surface area contributed by atoms with Crippen molar-refractivity contribution < 1.29 is 24.2 Å². The molecule has 0 saturated heterocycles. The highest BCUT2D eigenvalue weighted by molar-refractivity contribution is 5.89. The van der Waals surface area contributed by atoms with Crippen LogP contribution in [0, 0.1) is 6.92 Å². The molecule has 0 bridgehead atoms. The van der Waals surface area contributed by atoms with Gasteiger partial charge in [0.25, 0.3) is 0 Å². The topological polar surface area (TPSA) is 105 Å². The molecular formula is C28H28N2O5. The molecule has 2 amide bonds. The molecule has 3 aromatic rings. The van der Waals surface area contributed by atoms with Crippen molar-refractivity contribution in [3.63, 3.8) is 0 Å². The van der Waals surface area contributed by atoms with Gasteiger partial charge in [-0.1, -0.05) is 78.4 Å². The number of carboxylic acid groups (broad SMARTS) is 1. The van der Waals surface area contributed by atoms with Crippen LogP contribution >= 0.6 is 0 Å². The number of alkyl carbamates (subject to hydrolysis) is 1. The average Bonchev–Trinajstić information content (AvgIpc) is 3.16. The predicted octanol–water partition coefficient (Wildman–Crippen LogP) is 4.55. The molecule has 3 N–H and O–H groups in total. The van der Waals surface area contributed by atoms with Gasteiger partial charge in [-0.3, -0.25) is 9.59 Å². The summed E-state index contributed by atoms with van der Waals surface area (Å²) in [5.74, 6) is -1.93. The van der Waals surface area contributed by atoms with Crippen LogP contribution in [0.2, 0.25) is 0 Å². The minimum absolute atomic E-state index is 0.0705. The van der Waals surface area contributed by atoms with Crippen LogP contribution in [0.3, 0.4) is 0 Å². The van der Waals surface area contributed by atoms with Gasteiger partial charge in [-0.2, -0.15) is 0 Å². The van der Waals surface area contributed by atoms with Gasteiger partial charge in [-0.15, -0.1) is 0 Å². The Morgan fingerprint density at radius 2 is 1.46 bits per heavy atom. The van der Waals surface area contributed by atoms with E-state index in [1.165, 1.54) is 0 Å². The molecule has 7 nitrogen and oxygen atoms in total. The van der Waals surface area contributed by atoms with Gasteiger partial charge in [0.15, 0.2) is 0 Å². The third kappa shape index (κ3) is 5.51. The second-order valence-electron chi connectivity index (χ2n) is 8.76. The minimum Gasteiger partial charge on any atom is -0.481 e. The number of hydrogen-bond acceptors (Lipinski definition) is 4. The van der Waals surface area contributed by atoms with Crippen molar-refractivity contribution in [2.75, 3.05) is 6.61 Å². The summed E-state index contributed by atoms with van der Waals surface area (Å²) in [7, 11) is 0. The van der Waals surface area contributed by atoms with E-state index < -0.39 is 30.4 Å². The van der Waals surface area contributed by atoms with Crippen LogP contribution in [-0.4, -0.2) is 35.7 Å². The number of aryl methyl sites for hydroxylation is 1. The summed E-state index contributed by atoms with van der Waals surface area (Å²) in [4.78, 5) is 36.8. The summed E-state index contributed by atoms with van der Waals surface area (Å²) < 4.78 is 5.48. The molecule has 0 radical (unpaired) electrons. The molecule has 180 valence electrons. The Kier molecular flexibility index (Phi) is 7.15. The Hall–Kier alpha value is -4.13. The van der Waals surface area contributed by atoms with E-state index in [2.05, 4.69) is 10.6 Å². The number of benzene rings is 3. The fourth-order valence-electron chi connectivity index (χ4n) is 4.42. The highest BCUT2D eigenvalue weighted by atomic mass is 16.5. The second-order valence-corrected chi connectivity index (χ2v) is 8.76. The van der Waals surface area contributed by atoms with Gasteiger partial charge in [-0.25, -0.2) is 4.79 Å². The first-order valence-corrected chi connectivity index (χ1v) is 11.5. The number of carboxylic acids is 1. The number of hydrogen-bond donors (Lipinski definition) is 3. The average molecular weight is 473 g/mol. The molecule has 7 heteroatoms. The number of nitrogens with one attached hydrogen (secondary N) is 2. The zero-order chi connectivity index (χ0) is 24.9. The third-order valence-corrected chi connectivity index (χ3v) is 6.27. The number of ether oxygens (including phenoxy) is 1. The monoisotopic (exact) mass is 472 g/mol. The van der Waals surface area contributed by atoms with E-state index in [-0.39, 0.29) is 18.6 Å².